The zero-order valence-corrected chi connectivity index (χ0v) is 11.5. The first-order valence-corrected chi connectivity index (χ1v) is 6.43. The lowest BCUT2D eigenvalue weighted by atomic mass is 10.1. The van der Waals surface area contributed by atoms with Crippen LogP contribution in [0.4, 0.5) is 0 Å². The van der Waals surface area contributed by atoms with Crippen LogP contribution in [0, 0.1) is 0 Å². The minimum atomic E-state index is 0.143. The summed E-state index contributed by atoms with van der Waals surface area (Å²) in [4.78, 5) is 24.7. The van der Waals surface area contributed by atoms with Gasteiger partial charge in [-0.2, -0.15) is 0 Å². The SMILES string of the molecule is CCCC(=O)c1ccn(CCCC(=O)N(C)C)c1. The van der Waals surface area contributed by atoms with Gasteiger partial charge in [-0.1, -0.05) is 6.92 Å². The number of ketones is 1. The Kier molecular flexibility index (Phi) is 5.62. The van der Waals surface area contributed by atoms with Crippen LogP contribution in [0.15, 0.2) is 18.5 Å². The third-order valence-corrected chi connectivity index (χ3v) is 2.86. The minimum absolute atomic E-state index is 0.143. The number of Topliss-reactive ketones (excluding diaryl/α,β-unsaturated/α-hetero) is 1. The molecule has 0 aromatic carbocycles. The van der Waals surface area contributed by atoms with Crippen molar-refractivity contribution in [2.75, 3.05) is 14.1 Å². The molecule has 0 radical (unpaired) electrons. The van der Waals surface area contributed by atoms with Crippen molar-refractivity contribution in [2.45, 2.75) is 39.2 Å². The zero-order chi connectivity index (χ0) is 13.5. The second kappa shape index (κ2) is 6.99. The number of nitrogens with zero attached hydrogens (tertiary/aromatic N) is 2. The maximum absolute atomic E-state index is 11.7. The molecule has 1 aromatic heterocycles. The molecule has 0 fully saturated rings. The first-order chi connectivity index (χ1) is 8.54. The van der Waals surface area contributed by atoms with E-state index in [2.05, 4.69) is 0 Å². The standard InChI is InChI=1S/C14H22N2O2/c1-4-6-13(17)12-8-10-16(11-12)9-5-7-14(18)15(2)3/h8,10-11H,4-7,9H2,1-3H3. The molecule has 0 bridgehead atoms. The fourth-order valence-electron chi connectivity index (χ4n) is 1.75. The van der Waals surface area contributed by atoms with E-state index in [0.29, 0.717) is 12.8 Å². The summed E-state index contributed by atoms with van der Waals surface area (Å²) in [6.07, 6.45) is 6.60. The van der Waals surface area contributed by atoms with Crippen LogP contribution in [-0.4, -0.2) is 35.3 Å². The van der Waals surface area contributed by atoms with E-state index < -0.39 is 0 Å². The number of carbonyl (C=O) groups is 2. The van der Waals surface area contributed by atoms with Crippen molar-refractivity contribution >= 4 is 11.7 Å². The molecule has 0 saturated heterocycles. The van der Waals surface area contributed by atoms with E-state index in [0.717, 1.165) is 24.9 Å². The highest BCUT2D eigenvalue weighted by atomic mass is 16.2. The lowest BCUT2D eigenvalue weighted by molar-refractivity contribution is -0.128. The zero-order valence-electron chi connectivity index (χ0n) is 11.5. The van der Waals surface area contributed by atoms with Crippen molar-refractivity contribution in [1.82, 2.24) is 9.47 Å². The molecule has 18 heavy (non-hydrogen) atoms. The highest BCUT2D eigenvalue weighted by molar-refractivity contribution is 5.95. The monoisotopic (exact) mass is 250 g/mol. The van der Waals surface area contributed by atoms with Gasteiger partial charge < -0.3 is 9.47 Å². The van der Waals surface area contributed by atoms with E-state index in [1.807, 2.05) is 30.0 Å². The smallest absolute Gasteiger partial charge is 0.222 e. The minimum Gasteiger partial charge on any atom is -0.353 e. The van der Waals surface area contributed by atoms with Crippen molar-refractivity contribution in [2.24, 2.45) is 0 Å². The molecule has 1 heterocycles. The summed E-state index contributed by atoms with van der Waals surface area (Å²) in [6.45, 7) is 2.78. The molecule has 1 rings (SSSR count). The summed E-state index contributed by atoms with van der Waals surface area (Å²) in [5.74, 6) is 0.338. The van der Waals surface area contributed by atoms with Gasteiger partial charge in [0.15, 0.2) is 5.78 Å². The van der Waals surface area contributed by atoms with Crippen molar-refractivity contribution < 1.29 is 9.59 Å². The summed E-state index contributed by atoms with van der Waals surface area (Å²) in [6, 6.07) is 1.85. The topological polar surface area (TPSA) is 42.3 Å². The Morgan fingerprint density at radius 2 is 2.00 bits per heavy atom. The van der Waals surface area contributed by atoms with Crippen LogP contribution in [0.5, 0.6) is 0 Å². The van der Waals surface area contributed by atoms with Crippen LogP contribution in [0.3, 0.4) is 0 Å². The molecule has 1 aromatic rings. The lowest BCUT2D eigenvalue weighted by Crippen LogP contribution is -2.21. The summed E-state index contributed by atoms with van der Waals surface area (Å²) < 4.78 is 1.98. The summed E-state index contributed by atoms with van der Waals surface area (Å²) >= 11 is 0. The Bertz CT molecular complexity index is 408. The lowest BCUT2D eigenvalue weighted by Gasteiger charge is -2.09. The van der Waals surface area contributed by atoms with Crippen molar-refractivity contribution in [3.63, 3.8) is 0 Å². The van der Waals surface area contributed by atoms with Gasteiger partial charge in [-0.05, 0) is 18.9 Å². The number of hydrogen-bond donors (Lipinski definition) is 0. The summed E-state index contributed by atoms with van der Waals surface area (Å²) in [5.41, 5.74) is 0.774. The Morgan fingerprint density at radius 1 is 1.28 bits per heavy atom. The van der Waals surface area contributed by atoms with Gasteiger partial charge in [0.05, 0.1) is 0 Å². The van der Waals surface area contributed by atoms with Crippen LogP contribution in [0.25, 0.3) is 0 Å². The Balaban J connectivity index is 2.40. The van der Waals surface area contributed by atoms with Crippen LogP contribution in [0.1, 0.15) is 43.0 Å². The van der Waals surface area contributed by atoms with Gasteiger partial charge in [-0.25, -0.2) is 0 Å². The summed E-state index contributed by atoms with van der Waals surface area (Å²) in [5, 5.41) is 0. The largest absolute Gasteiger partial charge is 0.353 e. The van der Waals surface area contributed by atoms with E-state index in [4.69, 9.17) is 0 Å². The van der Waals surface area contributed by atoms with Gasteiger partial charge in [0.1, 0.15) is 0 Å². The van der Waals surface area contributed by atoms with Crippen LogP contribution in [-0.2, 0) is 11.3 Å². The maximum Gasteiger partial charge on any atom is 0.222 e. The van der Waals surface area contributed by atoms with E-state index in [9.17, 15) is 9.59 Å². The molecule has 4 heteroatoms. The number of hydrogen-bond acceptors (Lipinski definition) is 2. The molecule has 0 spiro atoms. The van der Waals surface area contributed by atoms with Gasteiger partial charge in [-0.3, -0.25) is 9.59 Å². The molecule has 0 atom stereocenters. The maximum atomic E-state index is 11.7. The Morgan fingerprint density at radius 3 is 2.61 bits per heavy atom. The second-order valence-corrected chi connectivity index (χ2v) is 4.70. The van der Waals surface area contributed by atoms with Gasteiger partial charge in [0, 0.05) is 51.4 Å². The quantitative estimate of drug-likeness (QED) is 0.697. The second-order valence-electron chi connectivity index (χ2n) is 4.70. The third-order valence-electron chi connectivity index (χ3n) is 2.86. The molecule has 0 aliphatic heterocycles. The molecular weight excluding hydrogens is 228 g/mol. The van der Waals surface area contributed by atoms with E-state index >= 15 is 0 Å². The van der Waals surface area contributed by atoms with Gasteiger partial charge in [0.25, 0.3) is 0 Å². The third kappa shape index (κ3) is 4.35. The summed E-state index contributed by atoms with van der Waals surface area (Å²) in [7, 11) is 3.53. The normalized spacial score (nSPS) is 10.4. The molecule has 0 aliphatic carbocycles. The first-order valence-electron chi connectivity index (χ1n) is 6.43. The highest BCUT2D eigenvalue weighted by Gasteiger charge is 2.07. The van der Waals surface area contributed by atoms with Crippen molar-refractivity contribution in [3.05, 3.63) is 24.0 Å². The highest BCUT2D eigenvalue weighted by Crippen LogP contribution is 2.08. The molecule has 1 amide bonds. The van der Waals surface area contributed by atoms with Gasteiger partial charge >= 0.3 is 0 Å². The van der Waals surface area contributed by atoms with Crippen LogP contribution in [0.2, 0.25) is 0 Å². The number of amides is 1. The predicted octanol–water partition coefficient (Wildman–Crippen LogP) is 2.34. The van der Waals surface area contributed by atoms with Gasteiger partial charge in [-0.15, -0.1) is 0 Å². The molecule has 0 unspecified atom stereocenters. The molecule has 0 aliphatic rings. The molecule has 0 N–H and O–H groups in total. The fraction of sp³-hybridized carbons (Fsp3) is 0.571. The molecule has 100 valence electrons. The Labute approximate surface area is 109 Å². The van der Waals surface area contributed by atoms with Gasteiger partial charge in [0.2, 0.25) is 5.91 Å². The van der Waals surface area contributed by atoms with Crippen LogP contribution >= 0.6 is 0 Å². The molecule has 0 saturated carbocycles. The average molecular weight is 250 g/mol. The average Bonchev–Trinajstić information content (AvgIpc) is 2.78. The van der Waals surface area contributed by atoms with E-state index in [1.54, 1.807) is 19.0 Å². The first kappa shape index (κ1) is 14.5. The van der Waals surface area contributed by atoms with Crippen molar-refractivity contribution in [1.29, 1.82) is 0 Å². The van der Waals surface area contributed by atoms with E-state index in [-0.39, 0.29) is 11.7 Å². The number of aromatic nitrogens is 1. The number of carbonyl (C=O) groups excluding carboxylic acids is 2. The predicted molar refractivity (Wildman–Crippen MR) is 71.6 cm³/mol. The van der Waals surface area contributed by atoms with E-state index in [1.165, 1.54) is 0 Å². The molecular formula is C14H22N2O2. The fourth-order valence-corrected chi connectivity index (χ4v) is 1.75. The van der Waals surface area contributed by atoms with Crippen molar-refractivity contribution in [3.8, 4) is 0 Å². The number of rotatable bonds is 7. The van der Waals surface area contributed by atoms with Crippen LogP contribution < -0.4 is 0 Å². The number of aryl methyl sites for hydroxylation is 1. The molecule has 4 nitrogen and oxygen atoms in total. The Hall–Kier alpha value is -1.58.